The van der Waals surface area contributed by atoms with Crippen LogP contribution < -0.4 is 5.56 Å². The van der Waals surface area contributed by atoms with Crippen LogP contribution in [0.5, 0.6) is 0 Å². The van der Waals surface area contributed by atoms with Gasteiger partial charge in [-0.1, -0.05) is 24.8 Å². The number of nitrogens with zero attached hydrogens (tertiary/aromatic N) is 2. The van der Waals surface area contributed by atoms with Crippen molar-refractivity contribution in [3.8, 4) is 0 Å². The second-order valence-electron chi connectivity index (χ2n) is 4.89. The third-order valence-corrected chi connectivity index (χ3v) is 4.05. The van der Waals surface area contributed by atoms with Gasteiger partial charge in [0.1, 0.15) is 5.82 Å². The first kappa shape index (κ1) is 13.9. The minimum absolute atomic E-state index is 0.107. The Morgan fingerprint density at radius 1 is 1.19 bits per heavy atom. The summed E-state index contributed by atoms with van der Waals surface area (Å²) in [5.41, 5.74) is 3.90. The average Bonchev–Trinajstić information content (AvgIpc) is 2.86. The molecule has 0 bridgehead atoms. The molecule has 108 valence electrons. The van der Waals surface area contributed by atoms with E-state index < -0.39 is 0 Å². The van der Waals surface area contributed by atoms with Gasteiger partial charge in [-0.15, -0.1) is 0 Å². The number of thioether (sulfide) groups is 1. The molecular weight excluding hydrogens is 284 g/mol. The molecule has 0 fully saturated rings. The van der Waals surface area contributed by atoms with Crippen molar-refractivity contribution in [2.24, 2.45) is 0 Å². The van der Waals surface area contributed by atoms with Gasteiger partial charge in [0.05, 0.1) is 16.8 Å². The summed E-state index contributed by atoms with van der Waals surface area (Å²) in [6, 6.07) is 7.67. The van der Waals surface area contributed by atoms with Gasteiger partial charge in [-0.2, -0.15) is 0 Å². The van der Waals surface area contributed by atoms with E-state index in [0.717, 1.165) is 29.0 Å². The SMILES string of the molecule is CCc1cc(=O)[nH]c(SCc2nc3ccc(C)cc3[nH]2)n1. The largest absolute Gasteiger partial charge is 0.341 e. The van der Waals surface area contributed by atoms with E-state index in [0.29, 0.717) is 10.9 Å². The highest BCUT2D eigenvalue weighted by atomic mass is 32.2. The summed E-state index contributed by atoms with van der Waals surface area (Å²) < 4.78 is 0. The number of rotatable bonds is 4. The molecule has 0 aliphatic heterocycles. The summed E-state index contributed by atoms with van der Waals surface area (Å²) in [6.07, 6.45) is 0.751. The van der Waals surface area contributed by atoms with E-state index in [1.165, 1.54) is 23.4 Å². The number of hydrogen-bond donors (Lipinski definition) is 2. The number of aryl methyl sites for hydroxylation is 2. The minimum atomic E-state index is -0.107. The number of imidazole rings is 1. The van der Waals surface area contributed by atoms with Gasteiger partial charge in [0.15, 0.2) is 5.16 Å². The lowest BCUT2D eigenvalue weighted by atomic mass is 10.2. The van der Waals surface area contributed by atoms with Gasteiger partial charge in [0.2, 0.25) is 0 Å². The molecule has 0 saturated heterocycles. The number of hydrogen-bond acceptors (Lipinski definition) is 4. The molecule has 2 aromatic heterocycles. The van der Waals surface area contributed by atoms with Crippen LogP contribution in [0.3, 0.4) is 0 Å². The van der Waals surface area contributed by atoms with E-state index in [1.54, 1.807) is 0 Å². The van der Waals surface area contributed by atoms with Crippen LogP contribution in [-0.2, 0) is 12.2 Å². The van der Waals surface area contributed by atoms with Crippen LogP contribution in [0.2, 0.25) is 0 Å². The predicted molar refractivity (Wildman–Crippen MR) is 84.6 cm³/mol. The van der Waals surface area contributed by atoms with E-state index in [1.807, 2.05) is 19.1 Å². The lowest BCUT2D eigenvalue weighted by Gasteiger charge is -2.00. The molecule has 0 aliphatic rings. The quantitative estimate of drug-likeness (QED) is 0.574. The summed E-state index contributed by atoms with van der Waals surface area (Å²) in [6.45, 7) is 4.04. The summed E-state index contributed by atoms with van der Waals surface area (Å²) in [4.78, 5) is 26.5. The maximum Gasteiger partial charge on any atom is 0.251 e. The third kappa shape index (κ3) is 3.16. The summed E-state index contributed by atoms with van der Waals surface area (Å²) in [5.74, 6) is 1.52. The molecule has 5 nitrogen and oxygen atoms in total. The summed E-state index contributed by atoms with van der Waals surface area (Å²) in [7, 11) is 0. The van der Waals surface area contributed by atoms with Crippen molar-refractivity contribution in [1.82, 2.24) is 19.9 Å². The third-order valence-electron chi connectivity index (χ3n) is 3.17. The Bertz CT molecular complexity index is 837. The number of fused-ring (bicyclic) bond motifs is 1. The Labute approximate surface area is 126 Å². The van der Waals surface area contributed by atoms with Gasteiger partial charge in [-0.25, -0.2) is 9.97 Å². The Morgan fingerprint density at radius 3 is 2.86 bits per heavy atom. The van der Waals surface area contributed by atoms with Crippen molar-refractivity contribution in [3.63, 3.8) is 0 Å². The molecule has 0 radical (unpaired) electrons. The van der Waals surface area contributed by atoms with Gasteiger partial charge >= 0.3 is 0 Å². The molecule has 2 N–H and O–H groups in total. The predicted octanol–water partition coefficient (Wildman–Crippen LogP) is 2.81. The van der Waals surface area contributed by atoms with Crippen molar-refractivity contribution in [3.05, 3.63) is 51.7 Å². The first-order chi connectivity index (χ1) is 10.1. The number of H-pyrrole nitrogens is 2. The van der Waals surface area contributed by atoms with Crippen LogP contribution in [-0.4, -0.2) is 19.9 Å². The second-order valence-corrected chi connectivity index (χ2v) is 5.85. The lowest BCUT2D eigenvalue weighted by molar-refractivity contribution is 0.867. The zero-order valence-electron chi connectivity index (χ0n) is 11.9. The zero-order chi connectivity index (χ0) is 14.8. The van der Waals surface area contributed by atoms with E-state index in [4.69, 9.17) is 0 Å². The topological polar surface area (TPSA) is 74.4 Å². The highest BCUT2D eigenvalue weighted by Crippen LogP contribution is 2.20. The highest BCUT2D eigenvalue weighted by Gasteiger charge is 2.06. The molecule has 0 spiro atoms. The fourth-order valence-corrected chi connectivity index (χ4v) is 2.88. The summed E-state index contributed by atoms with van der Waals surface area (Å²) in [5, 5.41) is 0.635. The first-order valence-electron chi connectivity index (χ1n) is 6.82. The van der Waals surface area contributed by atoms with Crippen LogP contribution >= 0.6 is 11.8 Å². The van der Waals surface area contributed by atoms with Crippen LogP contribution in [0, 0.1) is 6.92 Å². The molecule has 0 aliphatic carbocycles. The normalized spacial score (nSPS) is 11.1. The Kier molecular flexibility index (Phi) is 3.79. The smallest absolute Gasteiger partial charge is 0.251 e. The molecule has 21 heavy (non-hydrogen) atoms. The molecule has 0 unspecified atom stereocenters. The van der Waals surface area contributed by atoms with Crippen LogP contribution in [0.25, 0.3) is 11.0 Å². The van der Waals surface area contributed by atoms with Crippen molar-refractivity contribution in [1.29, 1.82) is 0 Å². The minimum Gasteiger partial charge on any atom is -0.341 e. The lowest BCUT2D eigenvalue weighted by Crippen LogP contribution is -2.09. The number of nitrogens with one attached hydrogen (secondary N) is 2. The van der Waals surface area contributed by atoms with E-state index in [9.17, 15) is 4.79 Å². The fourth-order valence-electron chi connectivity index (χ4n) is 2.11. The number of benzene rings is 1. The van der Waals surface area contributed by atoms with Gasteiger partial charge in [-0.3, -0.25) is 4.79 Å². The van der Waals surface area contributed by atoms with Gasteiger partial charge in [0, 0.05) is 11.8 Å². The van der Waals surface area contributed by atoms with E-state index >= 15 is 0 Å². The molecule has 0 atom stereocenters. The first-order valence-corrected chi connectivity index (χ1v) is 7.81. The second kappa shape index (κ2) is 5.73. The van der Waals surface area contributed by atoms with Gasteiger partial charge in [0.25, 0.3) is 5.56 Å². The molecular formula is C15H16N4OS. The van der Waals surface area contributed by atoms with Crippen molar-refractivity contribution >= 4 is 22.8 Å². The Hall–Kier alpha value is -2.08. The number of aromatic amines is 2. The van der Waals surface area contributed by atoms with Crippen molar-refractivity contribution in [2.75, 3.05) is 0 Å². The van der Waals surface area contributed by atoms with Gasteiger partial charge in [-0.05, 0) is 31.0 Å². The zero-order valence-corrected chi connectivity index (χ0v) is 12.8. The van der Waals surface area contributed by atoms with Crippen molar-refractivity contribution in [2.45, 2.75) is 31.2 Å². The summed E-state index contributed by atoms with van der Waals surface area (Å²) >= 11 is 1.48. The average molecular weight is 300 g/mol. The highest BCUT2D eigenvalue weighted by molar-refractivity contribution is 7.98. The molecule has 3 aromatic rings. The standard InChI is InChI=1S/C15H16N4OS/c1-3-10-7-14(20)19-15(16-10)21-8-13-17-11-5-4-9(2)6-12(11)18-13/h4-7H,3,8H2,1-2H3,(H,17,18)(H,16,19,20). The molecule has 0 amide bonds. The number of aromatic nitrogens is 4. The van der Waals surface area contributed by atoms with Crippen LogP contribution in [0.15, 0.2) is 34.2 Å². The molecule has 1 aromatic carbocycles. The van der Waals surface area contributed by atoms with Gasteiger partial charge < -0.3 is 9.97 Å². The molecule has 2 heterocycles. The maximum absolute atomic E-state index is 11.5. The van der Waals surface area contributed by atoms with E-state index in [2.05, 4.69) is 32.9 Å². The Balaban J connectivity index is 1.80. The Morgan fingerprint density at radius 2 is 2.05 bits per heavy atom. The monoisotopic (exact) mass is 300 g/mol. The molecule has 6 heteroatoms. The maximum atomic E-state index is 11.5. The van der Waals surface area contributed by atoms with Crippen LogP contribution in [0.1, 0.15) is 24.0 Å². The fraction of sp³-hybridized carbons (Fsp3) is 0.267. The van der Waals surface area contributed by atoms with Crippen molar-refractivity contribution < 1.29 is 0 Å². The van der Waals surface area contributed by atoms with E-state index in [-0.39, 0.29) is 5.56 Å². The van der Waals surface area contributed by atoms with Crippen LogP contribution in [0.4, 0.5) is 0 Å². The molecule has 3 rings (SSSR count). The molecule has 0 saturated carbocycles.